The van der Waals surface area contributed by atoms with Crippen molar-refractivity contribution in [1.82, 2.24) is 14.7 Å². The third-order valence-corrected chi connectivity index (χ3v) is 2.59. The van der Waals surface area contributed by atoms with Crippen LogP contribution in [0.5, 0.6) is 0 Å². The highest BCUT2D eigenvalue weighted by Crippen LogP contribution is 2.10. The van der Waals surface area contributed by atoms with Gasteiger partial charge in [0.25, 0.3) is 0 Å². The van der Waals surface area contributed by atoms with Gasteiger partial charge in [0.15, 0.2) is 0 Å². The summed E-state index contributed by atoms with van der Waals surface area (Å²) < 4.78 is 6.49. The van der Waals surface area contributed by atoms with Crippen molar-refractivity contribution in [2.75, 3.05) is 25.0 Å². The Morgan fingerprint density at radius 2 is 2.39 bits per heavy atom. The highest BCUT2D eigenvalue weighted by atomic mass is 16.6. The van der Waals surface area contributed by atoms with Crippen molar-refractivity contribution in [3.05, 3.63) is 12.4 Å². The number of hydrogen-bond acceptors (Lipinski definition) is 4. The van der Waals surface area contributed by atoms with Crippen LogP contribution >= 0.6 is 0 Å². The lowest BCUT2D eigenvalue weighted by Gasteiger charge is -2.11. The molecule has 0 aliphatic carbocycles. The van der Waals surface area contributed by atoms with Gasteiger partial charge in [-0.25, -0.2) is 4.79 Å². The quantitative estimate of drug-likeness (QED) is 0.862. The molecule has 0 aromatic carbocycles. The summed E-state index contributed by atoms with van der Waals surface area (Å²) in [6.07, 6.45) is 2.90. The third kappa shape index (κ3) is 2.79. The average molecular weight is 252 g/mol. The highest BCUT2D eigenvalue weighted by Gasteiger charge is 2.24. The largest absolute Gasteiger partial charge is 0.448 e. The van der Waals surface area contributed by atoms with Crippen molar-refractivity contribution in [3.63, 3.8) is 0 Å². The van der Waals surface area contributed by atoms with Gasteiger partial charge in [0.2, 0.25) is 5.91 Å². The number of cyclic esters (lactones) is 1. The first kappa shape index (κ1) is 12.4. The zero-order valence-electron chi connectivity index (χ0n) is 10.4. The lowest BCUT2D eigenvalue weighted by Crippen LogP contribution is -2.33. The molecular weight excluding hydrogens is 236 g/mol. The molecule has 1 aliphatic rings. The van der Waals surface area contributed by atoms with Crippen molar-refractivity contribution in [2.45, 2.75) is 19.9 Å². The first-order valence-electron chi connectivity index (χ1n) is 5.82. The molecule has 0 spiro atoms. The Hall–Kier alpha value is -2.05. The van der Waals surface area contributed by atoms with Crippen molar-refractivity contribution >= 4 is 17.7 Å². The van der Waals surface area contributed by atoms with Crippen LogP contribution in [0.3, 0.4) is 0 Å². The maximum absolute atomic E-state index is 11.7. The molecule has 0 bridgehead atoms. The van der Waals surface area contributed by atoms with Gasteiger partial charge < -0.3 is 10.1 Å². The Morgan fingerprint density at radius 3 is 2.94 bits per heavy atom. The molecule has 1 aromatic rings. The van der Waals surface area contributed by atoms with Crippen LogP contribution in [0.1, 0.15) is 19.9 Å². The Morgan fingerprint density at radius 1 is 1.61 bits per heavy atom. The van der Waals surface area contributed by atoms with Crippen LogP contribution in [0.4, 0.5) is 10.5 Å². The minimum atomic E-state index is -0.442. The highest BCUT2D eigenvalue weighted by molar-refractivity contribution is 5.93. The summed E-state index contributed by atoms with van der Waals surface area (Å²) in [5.74, 6) is -0.253. The fourth-order valence-corrected chi connectivity index (χ4v) is 1.63. The summed E-state index contributed by atoms with van der Waals surface area (Å²) in [6, 6.07) is 0.240. The van der Waals surface area contributed by atoms with E-state index >= 15 is 0 Å². The zero-order chi connectivity index (χ0) is 13.1. The van der Waals surface area contributed by atoms with Crippen LogP contribution in [0.25, 0.3) is 0 Å². The minimum absolute atomic E-state index is 0.00565. The van der Waals surface area contributed by atoms with E-state index in [0.29, 0.717) is 18.8 Å². The zero-order valence-corrected chi connectivity index (χ0v) is 10.4. The summed E-state index contributed by atoms with van der Waals surface area (Å²) in [7, 11) is 0. The fourth-order valence-electron chi connectivity index (χ4n) is 1.63. The number of ether oxygens (including phenoxy) is 1. The summed E-state index contributed by atoms with van der Waals surface area (Å²) in [5.41, 5.74) is 0.626. The van der Waals surface area contributed by atoms with Crippen LogP contribution < -0.4 is 5.32 Å². The maximum atomic E-state index is 11.7. The van der Waals surface area contributed by atoms with Gasteiger partial charge in [-0.3, -0.25) is 14.4 Å². The van der Waals surface area contributed by atoms with E-state index in [4.69, 9.17) is 4.74 Å². The van der Waals surface area contributed by atoms with E-state index in [1.165, 1.54) is 4.90 Å². The van der Waals surface area contributed by atoms with E-state index in [1.54, 1.807) is 17.1 Å². The van der Waals surface area contributed by atoms with Gasteiger partial charge in [-0.2, -0.15) is 5.10 Å². The molecule has 0 unspecified atom stereocenters. The van der Waals surface area contributed by atoms with Gasteiger partial charge in [-0.05, 0) is 13.8 Å². The lowest BCUT2D eigenvalue weighted by atomic mass is 10.4. The van der Waals surface area contributed by atoms with Gasteiger partial charge in [0.05, 0.1) is 18.4 Å². The number of hydrogen-bond donors (Lipinski definition) is 1. The van der Waals surface area contributed by atoms with E-state index in [-0.39, 0.29) is 18.5 Å². The molecule has 2 heterocycles. The molecule has 0 atom stereocenters. The predicted octanol–water partition coefficient (Wildman–Crippen LogP) is 0.855. The number of anilines is 1. The third-order valence-electron chi connectivity index (χ3n) is 2.59. The molecule has 7 nitrogen and oxygen atoms in total. The predicted molar refractivity (Wildman–Crippen MR) is 64.2 cm³/mol. The topological polar surface area (TPSA) is 76.5 Å². The van der Waals surface area contributed by atoms with Crippen LogP contribution in [0.2, 0.25) is 0 Å². The molecule has 1 saturated heterocycles. The molecule has 1 fully saturated rings. The second-order valence-electron chi connectivity index (χ2n) is 4.39. The lowest BCUT2D eigenvalue weighted by molar-refractivity contribution is -0.116. The summed E-state index contributed by atoms with van der Waals surface area (Å²) in [4.78, 5) is 24.2. The molecule has 18 heavy (non-hydrogen) atoms. The van der Waals surface area contributed by atoms with E-state index in [9.17, 15) is 9.59 Å². The first-order valence-corrected chi connectivity index (χ1v) is 5.82. The number of nitrogens with one attached hydrogen (secondary N) is 1. The molecular formula is C11H16N4O3. The van der Waals surface area contributed by atoms with Crippen LogP contribution in [0.15, 0.2) is 12.4 Å². The van der Waals surface area contributed by atoms with Crippen molar-refractivity contribution < 1.29 is 14.3 Å². The SMILES string of the molecule is CC(C)n1cc(NC(=O)CN2CCOC2=O)cn1. The maximum Gasteiger partial charge on any atom is 0.410 e. The van der Waals surface area contributed by atoms with Crippen LogP contribution in [-0.2, 0) is 9.53 Å². The molecule has 98 valence electrons. The van der Waals surface area contributed by atoms with Gasteiger partial charge >= 0.3 is 6.09 Å². The standard InChI is InChI=1S/C11H16N4O3/c1-8(2)15-6-9(5-12-15)13-10(16)7-14-3-4-18-11(14)17/h5-6,8H,3-4,7H2,1-2H3,(H,13,16). The number of nitrogens with zero attached hydrogens (tertiary/aromatic N) is 3. The number of carbonyl (C=O) groups excluding carboxylic acids is 2. The Bertz CT molecular complexity index is 455. The van der Waals surface area contributed by atoms with E-state index in [0.717, 1.165) is 0 Å². The first-order chi connectivity index (χ1) is 8.56. The Balaban J connectivity index is 1.88. The smallest absolute Gasteiger partial charge is 0.410 e. The second kappa shape index (κ2) is 5.07. The monoisotopic (exact) mass is 252 g/mol. The summed E-state index contributed by atoms with van der Waals surface area (Å²) >= 11 is 0. The molecule has 2 amide bonds. The molecule has 1 N–H and O–H groups in total. The molecule has 1 aliphatic heterocycles. The van der Waals surface area contributed by atoms with Crippen LogP contribution in [0, 0.1) is 0 Å². The minimum Gasteiger partial charge on any atom is -0.448 e. The average Bonchev–Trinajstić information content (AvgIpc) is 2.89. The molecule has 0 saturated carbocycles. The number of carbonyl (C=O) groups is 2. The van der Waals surface area contributed by atoms with E-state index in [1.807, 2.05) is 13.8 Å². The fraction of sp³-hybridized carbons (Fsp3) is 0.545. The Kier molecular flexibility index (Phi) is 3.50. The van der Waals surface area contributed by atoms with Gasteiger partial charge in [-0.15, -0.1) is 0 Å². The Labute approximate surface area is 105 Å². The molecule has 1 aromatic heterocycles. The molecule has 0 radical (unpaired) electrons. The number of rotatable bonds is 4. The molecule has 2 rings (SSSR count). The van der Waals surface area contributed by atoms with Crippen LogP contribution in [-0.4, -0.2) is 46.4 Å². The van der Waals surface area contributed by atoms with Gasteiger partial charge in [-0.1, -0.05) is 0 Å². The van der Waals surface area contributed by atoms with E-state index < -0.39 is 6.09 Å². The summed E-state index contributed by atoms with van der Waals surface area (Å²) in [6.45, 7) is 4.80. The van der Waals surface area contributed by atoms with Crippen molar-refractivity contribution in [2.24, 2.45) is 0 Å². The van der Waals surface area contributed by atoms with E-state index in [2.05, 4.69) is 10.4 Å². The van der Waals surface area contributed by atoms with Gasteiger partial charge in [0, 0.05) is 12.2 Å². The molecule has 7 heteroatoms. The summed E-state index contributed by atoms with van der Waals surface area (Å²) in [5, 5.41) is 6.81. The normalized spacial score (nSPS) is 15.1. The number of aromatic nitrogens is 2. The van der Waals surface area contributed by atoms with Gasteiger partial charge in [0.1, 0.15) is 13.2 Å². The number of amides is 2. The van der Waals surface area contributed by atoms with Crippen molar-refractivity contribution in [1.29, 1.82) is 0 Å². The second-order valence-corrected chi connectivity index (χ2v) is 4.39. The van der Waals surface area contributed by atoms with Crippen molar-refractivity contribution in [3.8, 4) is 0 Å².